The molecule has 19 nitrogen and oxygen atoms in total. The maximum absolute atomic E-state index is 13.5. The molecular formula is C62H93F24NaO19S2. The first kappa shape index (κ1) is 113. The molecule has 2 aromatic rings. The zero-order valence-electron chi connectivity index (χ0n) is 61.0. The van der Waals surface area contributed by atoms with Crippen molar-refractivity contribution in [1.82, 2.24) is 0 Å². The van der Waals surface area contributed by atoms with E-state index in [0.717, 1.165) is 82.4 Å². The average Bonchev–Trinajstić information content (AvgIpc) is 0.771. The Hall–Kier alpha value is -3.46. The van der Waals surface area contributed by atoms with Crippen molar-refractivity contribution < 1.29 is 225 Å². The fourth-order valence-corrected chi connectivity index (χ4v) is 8.14. The third-order valence-electron chi connectivity index (χ3n) is 11.8. The van der Waals surface area contributed by atoms with E-state index in [0.29, 0.717) is 25.7 Å². The fourth-order valence-electron chi connectivity index (χ4n) is 6.74. The number of halogens is 24. The van der Waals surface area contributed by atoms with Gasteiger partial charge in [0, 0.05) is 13.2 Å². The fraction of sp³-hybridized carbons (Fsp3) is 0.742. The van der Waals surface area contributed by atoms with Gasteiger partial charge >= 0.3 is 113 Å². The minimum Gasteiger partial charge on any atom is -1.00 e. The number of hydrogen-bond acceptors (Lipinski definition) is 19. The topological polar surface area (TPSA) is 240 Å². The van der Waals surface area contributed by atoms with Crippen LogP contribution in [0.5, 0.6) is 0 Å². The standard InChI is InChI=1S/C21H30F12O6.C19H26F12O5.C9H12O5S.C8H10O3S.C3H8.C2H6.Na.H/c1-2-3-4-5-6-7-8-9-10-12-35-14-16(22,23)37-18(26,27)20(30,31)39-21(32,33)19(28,29)38-17(24,25)15-36-13-11-34;1-2-3-4-5-6-7-8-9-10-11-33-13-15(22,23)35-17(26,27)19(30,31)36-18(28,29)16(24,25)34-14(20,21)12-32;1-8-2-4-9(5-3-8)15(11,12)14-13-7-6-10;1-7-3-5-8(6-4-7)12(9,10)11-2;1-3-2;1-2;;/h2,34H,1,3-15H2;2,32H,1,3-13H2;2-5,10H,6-7H2,1H3;3-6H,1-2H3;3H2,1-2H3;1-2H3;;/q;;;;;;+1;-1. The van der Waals surface area contributed by atoms with Crippen LogP contribution in [-0.4, -0.2) is 179 Å². The minimum atomic E-state index is -6.93. The second kappa shape index (κ2) is 54.3. The molecule has 3 N–H and O–H groups in total. The van der Waals surface area contributed by atoms with Crippen molar-refractivity contribution >= 4 is 20.2 Å². The van der Waals surface area contributed by atoms with Gasteiger partial charge in [-0.3, -0.25) is 4.18 Å². The van der Waals surface area contributed by atoms with Gasteiger partial charge in [0.1, 0.15) is 33.0 Å². The Morgan fingerprint density at radius 1 is 0.380 bits per heavy atom. The average molecular weight is 1690 g/mol. The molecule has 0 atom stereocenters. The van der Waals surface area contributed by atoms with E-state index in [2.05, 4.69) is 73.6 Å². The third-order valence-corrected chi connectivity index (χ3v) is 14.2. The molecule has 108 heavy (non-hydrogen) atoms. The number of hydrogen-bond donors (Lipinski definition) is 3. The summed E-state index contributed by atoms with van der Waals surface area (Å²) in [6.07, 6.45) is -59.2. The molecule has 0 bridgehead atoms. The molecule has 0 radical (unpaired) electrons. The van der Waals surface area contributed by atoms with Crippen LogP contribution in [0.25, 0.3) is 0 Å². The van der Waals surface area contributed by atoms with Crippen LogP contribution >= 0.6 is 0 Å². The van der Waals surface area contributed by atoms with E-state index in [4.69, 9.17) is 15.3 Å². The summed E-state index contributed by atoms with van der Waals surface area (Å²) >= 11 is 0. The molecule has 0 aliphatic carbocycles. The van der Waals surface area contributed by atoms with Crippen LogP contribution in [0.4, 0.5) is 105 Å². The first-order chi connectivity index (χ1) is 49.0. The van der Waals surface area contributed by atoms with Crippen LogP contribution < -0.4 is 29.6 Å². The van der Waals surface area contributed by atoms with E-state index >= 15 is 0 Å². The first-order valence-corrected chi connectivity index (χ1v) is 34.9. The molecule has 0 fully saturated rings. The molecule has 0 saturated carbocycles. The second-order valence-electron chi connectivity index (χ2n) is 21.5. The van der Waals surface area contributed by atoms with Gasteiger partial charge in [-0.25, -0.2) is 33.3 Å². The Kier molecular flexibility index (Phi) is 56.9. The third kappa shape index (κ3) is 49.2. The molecule has 0 saturated heterocycles. The summed E-state index contributed by atoms with van der Waals surface area (Å²) in [4.78, 5) is 4.50. The van der Waals surface area contributed by atoms with E-state index in [-0.39, 0.29) is 66.8 Å². The molecule has 46 heteroatoms. The molecule has 636 valence electrons. The summed E-state index contributed by atoms with van der Waals surface area (Å²) in [6.45, 7) is 7.01. The summed E-state index contributed by atoms with van der Waals surface area (Å²) in [5.41, 5.74) is 1.97. The molecular weight excluding hydrogens is 1590 g/mol. The van der Waals surface area contributed by atoms with Crippen molar-refractivity contribution in [1.29, 1.82) is 0 Å². The van der Waals surface area contributed by atoms with Crippen molar-refractivity contribution in [3.8, 4) is 0 Å². The van der Waals surface area contributed by atoms with Gasteiger partial charge in [0.05, 0.1) is 36.7 Å². The van der Waals surface area contributed by atoms with Crippen molar-refractivity contribution in [2.45, 2.75) is 234 Å². The molecule has 2 rings (SSSR count). The number of aliphatic hydroxyl groups is 3. The Labute approximate surface area is 634 Å². The van der Waals surface area contributed by atoms with Gasteiger partial charge < -0.3 is 31.0 Å². The number of ether oxygens (including phenoxy) is 9. The van der Waals surface area contributed by atoms with Crippen molar-refractivity contribution in [3.05, 3.63) is 85.0 Å². The summed E-state index contributed by atoms with van der Waals surface area (Å²) < 4.78 is 399. The Bertz CT molecular complexity index is 2890. The van der Waals surface area contributed by atoms with Gasteiger partial charge in [0.25, 0.3) is 10.1 Å². The molecule has 0 heterocycles. The molecule has 0 spiro atoms. The molecule has 0 aromatic heterocycles. The van der Waals surface area contributed by atoms with E-state index in [1.807, 2.05) is 37.2 Å². The summed E-state index contributed by atoms with van der Waals surface area (Å²) in [5.74, 6) is 0. The number of aryl methyl sites for hydroxylation is 2. The van der Waals surface area contributed by atoms with Crippen LogP contribution in [0.2, 0.25) is 0 Å². The largest absolute Gasteiger partial charge is 1.00 e. The van der Waals surface area contributed by atoms with Crippen molar-refractivity contribution in [3.63, 3.8) is 0 Å². The molecule has 0 amide bonds. The van der Waals surface area contributed by atoms with Crippen molar-refractivity contribution in [2.24, 2.45) is 0 Å². The van der Waals surface area contributed by atoms with Gasteiger partial charge in [-0.05, 0) is 76.6 Å². The summed E-state index contributed by atoms with van der Waals surface area (Å²) in [6, 6.07) is 12.7. The van der Waals surface area contributed by atoms with Gasteiger partial charge in [-0.15, -0.1) is 17.5 Å². The number of benzene rings is 2. The zero-order valence-corrected chi connectivity index (χ0v) is 63.7. The van der Waals surface area contributed by atoms with Crippen LogP contribution in [0, 0.1) is 13.8 Å². The monoisotopic (exact) mass is 1680 g/mol. The van der Waals surface area contributed by atoms with Crippen molar-refractivity contribution in [2.75, 3.05) is 73.2 Å². The van der Waals surface area contributed by atoms with Gasteiger partial charge in [0.15, 0.2) is 0 Å². The molecule has 2 aromatic carbocycles. The SMILES string of the molecule is C=CCCCCCCCCCOCC(F)(F)OC(F)(F)C(F)(F)OC(F)(F)C(F)(F)OC(F)(F)CO.C=CCCCCCCCCCOCC(F)(F)OC(F)(F)C(F)(F)OC(F)(F)C(F)(F)OC(F)(F)COCCO.CC.CCC.COS(=O)(=O)c1ccc(C)cc1.Cc1ccc(S(=O)(=O)OOCCO)cc1.[H-].[Na+]. The Morgan fingerprint density at radius 3 is 0.880 bits per heavy atom. The van der Waals surface area contributed by atoms with Crippen LogP contribution in [0.15, 0.2) is 83.6 Å². The second-order valence-corrected chi connectivity index (χ2v) is 24.7. The van der Waals surface area contributed by atoms with Gasteiger partial charge in [-0.2, -0.15) is 122 Å². The number of aliphatic hydroxyl groups excluding tert-OH is 3. The van der Waals surface area contributed by atoms with Crippen LogP contribution in [0.1, 0.15) is 149 Å². The minimum absolute atomic E-state index is 0. The normalized spacial score (nSPS) is 13.0. The predicted molar refractivity (Wildman–Crippen MR) is 333 cm³/mol. The van der Waals surface area contributed by atoms with Crippen LogP contribution in [-0.2, 0) is 76.3 Å². The molecule has 0 unspecified atom stereocenters. The number of alkyl halides is 24. The maximum Gasteiger partial charge on any atom is 1.00 e. The van der Waals surface area contributed by atoms with Crippen LogP contribution in [0.3, 0.4) is 0 Å². The molecule has 0 aliphatic heterocycles. The zero-order chi connectivity index (χ0) is 84.0. The summed E-state index contributed by atoms with van der Waals surface area (Å²) in [5, 5.41) is 24.7. The molecule has 0 aliphatic rings. The maximum atomic E-state index is 13.5. The van der Waals surface area contributed by atoms with Gasteiger partial charge in [-0.1, -0.05) is 146 Å². The Balaban J connectivity index is -0.000000343. The number of rotatable bonds is 52. The first-order valence-electron chi connectivity index (χ1n) is 32.0. The number of unbranched alkanes of at least 4 members (excludes halogenated alkanes) is 14. The van der Waals surface area contributed by atoms with Gasteiger partial charge in [0.2, 0.25) is 0 Å². The van der Waals surface area contributed by atoms with E-state index in [9.17, 15) is 122 Å². The Morgan fingerprint density at radius 2 is 0.620 bits per heavy atom. The smallest absolute Gasteiger partial charge is 1.00 e. The number of allylic oxidation sites excluding steroid dienone is 2. The van der Waals surface area contributed by atoms with E-state index in [1.54, 1.807) is 36.4 Å². The summed E-state index contributed by atoms with van der Waals surface area (Å²) in [7, 11) is -6.25. The van der Waals surface area contributed by atoms with E-state index < -0.39 is 146 Å². The quantitative estimate of drug-likeness (QED) is 0.0106. The van der Waals surface area contributed by atoms with E-state index in [1.165, 1.54) is 30.7 Å². The predicted octanol–water partition coefficient (Wildman–Crippen LogP) is 15.3.